The van der Waals surface area contributed by atoms with Gasteiger partial charge in [0, 0.05) is 6.07 Å². The molecule has 0 aliphatic carbocycles. The molecule has 0 saturated heterocycles. The number of amides is 1. The van der Waals surface area contributed by atoms with Gasteiger partial charge in [-0.1, -0.05) is 17.4 Å². The number of nitrogens with zero attached hydrogens (tertiary/aromatic N) is 2. The summed E-state index contributed by atoms with van der Waals surface area (Å²) in [5.74, 6) is 0.555. The average Bonchev–Trinajstić information content (AvgIpc) is 3.01. The zero-order valence-electron chi connectivity index (χ0n) is 13.1. The molecule has 1 amide bonds. The lowest BCUT2D eigenvalue weighted by atomic mass is 10.3. The maximum absolute atomic E-state index is 12.0. The van der Waals surface area contributed by atoms with Gasteiger partial charge in [-0.25, -0.2) is 4.98 Å². The van der Waals surface area contributed by atoms with E-state index in [9.17, 15) is 14.9 Å². The summed E-state index contributed by atoms with van der Waals surface area (Å²) < 4.78 is 11.3. The van der Waals surface area contributed by atoms with Crippen LogP contribution >= 0.6 is 11.3 Å². The highest BCUT2D eigenvalue weighted by molar-refractivity contribution is 7.22. The fourth-order valence-corrected chi connectivity index (χ4v) is 2.99. The molecule has 0 aliphatic heterocycles. The molecule has 0 aliphatic rings. The number of anilines is 1. The van der Waals surface area contributed by atoms with Gasteiger partial charge in [0.05, 0.1) is 28.3 Å². The number of benzene rings is 2. The van der Waals surface area contributed by atoms with Crippen molar-refractivity contribution < 1.29 is 19.2 Å². The number of nitro groups is 1. The number of aromatic nitrogens is 1. The number of fused-ring (bicyclic) bond motifs is 1. The Bertz CT molecular complexity index is 940. The van der Waals surface area contributed by atoms with E-state index in [4.69, 9.17) is 9.47 Å². The second kappa shape index (κ2) is 7.14. The van der Waals surface area contributed by atoms with Crippen molar-refractivity contribution in [2.24, 2.45) is 0 Å². The van der Waals surface area contributed by atoms with Crippen LogP contribution in [0.3, 0.4) is 0 Å². The van der Waals surface area contributed by atoms with Crippen molar-refractivity contribution in [3.8, 4) is 11.5 Å². The number of methoxy groups -OCH3 is 1. The lowest BCUT2D eigenvalue weighted by Gasteiger charge is -2.05. The summed E-state index contributed by atoms with van der Waals surface area (Å²) in [6.45, 7) is -0.277. The second-order valence-corrected chi connectivity index (χ2v) is 5.97. The molecule has 25 heavy (non-hydrogen) atoms. The summed E-state index contributed by atoms with van der Waals surface area (Å²) in [4.78, 5) is 26.5. The molecule has 2 aromatic carbocycles. The molecular weight excluding hydrogens is 346 g/mol. The normalized spacial score (nSPS) is 10.4. The summed E-state index contributed by atoms with van der Waals surface area (Å²) in [5.41, 5.74) is 0.652. The Kier molecular flexibility index (Phi) is 4.75. The average molecular weight is 359 g/mol. The third-order valence-electron chi connectivity index (χ3n) is 3.24. The monoisotopic (exact) mass is 359 g/mol. The molecule has 9 heteroatoms. The van der Waals surface area contributed by atoms with E-state index in [0.29, 0.717) is 10.9 Å². The van der Waals surface area contributed by atoms with Gasteiger partial charge in [0.1, 0.15) is 11.5 Å². The lowest BCUT2D eigenvalue weighted by molar-refractivity contribution is -0.384. The summed E-state index contributed by atoms with van der Waals surface area (Å²) in [6.07, 6.45) is 0. The minimum Gasteiger partial charge on any atom is -0.497 e. The number of carbonyl (C=O) groups is 1. The minimum atomic E-state index is -0.525. The molecule has 0 atom stereocenters. The fourth-order valence-electron chi connectivity index (χ4n) is 2.08. The largest absolute Gasteiger partial charge is 0.497 e. The van der Waals surface area contributed by atoms with E-state index in [-0.39, 0.29) is 18.0 Å². The van der Waals surface area contributed by atoms with Crippen LogP contribution in [0.5, 0.6) is 11.5 Å². The van der Waals surface area contributed by atoms with Gasteiger partial charge in [-0.2, -0.15) is 0 Å². The predicted octanol–water partition coefficient (Wildman–Crippen LogP) is 3.23. The van der Waals surface area contributed by atoms with Crippen molar-refractivity contribution in [1.29, 1.82) is 0 Å². The number of nitro benzene ring substituents is 1. The van der Waals surface area contributed by atoms with Crippen molar-refractivity contribution in [1.82, 2.24) is 4.98 Å². The third-order valence-corrected chi connectivity index (χ3v) is 4.17. The number of carbonyl (C=O) groups excluding carboxylic acids is 1. The number of non-ortho nitro benzene ring substituents is 1. The van der Waals surface area contributed by atoms with Gasteiger partial charge in [-0.15, -0.1) is 0 Å². The lowest BCUT2D eigenvalue weighted by Crippen LogP contribution is -2.20. The first-order chi connectivity index (χ1) is 12.0. The van der Waals surface area contributed by atoms with E-state index < -0.39 is 10.8 Å². The molecule has 128 valence electrons. The van der Waals surface area contributed by atoms with E-state index >= 15 is 0 Å². The smallest absolute Gasteiger partial charge is 0.273 e. The Morgan fingerprint density at radius 2 is 2.12 bits per heavy atom. The fraction of sp³-hybridized carbons (Fsp3) is 0.125. The first-order valence-electron chi connectivity index (χ1n) is 7.17. The molecule has 1 aromatic heterocycles. The molecular formula is C16H13N3O5S. The topological polar surface area (TPSA) is 104 Å². The number of nitrogens with one attached hydrogen (secondary N) is 1. The van der Waals surface area contributed by atoms with Gasteiger partial charge in [-0.3, -0.25) is 20.2 Å². The first kappa shape index (κ1) is 16.7. The minimum absolute atomic E-state index is 0.0990. The van der Waals surface area contributed by atoms with Crippen molar-refractivity contribution in [2.45, 2.75) is 0 Å². The van der Waals surface area contributed by atoms with E-state index in [2.05, 4.69) is 10.3 Å². The van der Waals surface area contributed by atoms with Gasteiger partial charge in [-0.05, 0) is 24.3 Å². The molecule has 0 fully saturated rings. The number of hydrogen-bond donors (Lipinski definition) is 1. The standard InChI is InChI=1S/C16H13N3O5S/c1-23-11-5-6-13-14(8-11)25-16(17-13)18-15(20)9-24-12-4-2-3-10(7-12)19(21)22/h2-8H,9H2,1H3,(H,17,18,20). The Morgan fingerprint density at radius 1 is 1.28 bits per heavy atom. The number of hydrogen-bond acceptors (Lipinski definition) is 7. The van der Waals surface area contributed by atoms with Crippen LogP contribution in [0.2, 0.25) is 0 Å². The van der Waals surface area contributed by atoms with Gasteiger partial charge in [0.25, 0.3) is 11.6 Å². The predicted molar refractivity (Wildman–Crippen MR) is 93.4 cm³/mol. The summed E-state index contributed by atoms with van der Waals surface area (Å²) in [5, 5.41) is 13.8. The van der Waals surface area contributed by atoms with E-state index in [1.54, 1.807) is 25.3 Å². The van der Waals surface area contributed by atoms with Crippen LogP contribution in [0.25, 0.3) is 10.2 Å². The van der Waals surface area contributed by atoms with Crippen LogP contribution in [0.1, 0.15) is 0 Å². The number of rotatable bonds is 6. The molecule has 0 bridgehead atoms. The Balaban J connectivity index is 1.62. The van der Waals surface area contributed by atoms with Crippen LogP contribution in [0.4, 0.5) is 10.8 Å². The SMILES string of the molecule is COc1ccc2nc(NC(=O)COc3cccc([N+](=O)[O-])c3)sc2c1. The Morgan fingerprint density at radius 3 is 2.88 bits per heavy atom. The van der Waals surface area contributed by atoms with E-state index in [0.717, 1.165) is 10.2 Å². The van der Waals surface area contributed by atoms with Crippen LogP contribution in [-0.4, -0.2) is 29.5 Å². The Labute approximate surface area is 146 Å². The zero-order chi connectivity index (χ0) is 17.8. The van der Waals surface area contributed by atoms with Crippen LogP contribution in [0.15, 0.2) is 42.5 Å². The highest BCUT2D eigenvalue weighted by atomic mass is 32.1. The molecule has 3 aromatic rings. The van der Waals surface area contributed by atoms with Gasteiger partial charge >= 0.3 is 0 Å². The highest BCUT2D eigenvalue weighted by Gasteiger charge is 2.11. The van der Waals surface area contributed by atoms with Gasteiger partial charge in [0.15, 0.2) is 11.7 Å². The Hall–Kier alpha value is -3.20. The number of ether oxygens (including phenoxy) is 2. The van der Waals surface area contributed by atoms with Crippen molar-refractivity contribution in [3.05, 3.63) is 52.6 Å². The quantitative estimate of drug-likeness (QED) is 0.535. The molecule has 0 unspecified atom stereocenters. The van der Waals surface area contributed by atoms with Crippen LogP contribution in [0, 0.1) is 10.1 Å². The third kappa shape index (κ3) is 4.01. The summed E-state index contributed by atoms with van der Waals surface area (Å²) >= 11 is 1.32. The van der Waals surface area contributed by atoms with Gasteiger partial charge < -0.3 is 9.47 Å². The second-order valence-electron chi connectivity index (χ2n) is 4.94. The first-order valence-corrected chi connectivity index (χ1v) is 7.98. The summed E-state index contributed by atoms with van der Waals surface area (Å²) in [6, 6.07) is 11.1. The maximum Gasteiger partial charge on any atom is 0.273 e. The molecule has 1 heterocycles. The molecule has 0 spiro atoms. The van der Waals surface area contributed by atoms with Crippen LogP contribution in [-0.2, 0) is 4.79 Å². The zero-order valence-corrected chi connectivity index (χ0v) is 13.9. The van der Waals surface area contributed by atoms with Crippen LogP contribution < -0.4 is 14.8 Å². The molecule has 0 saturated carbocycles. The molecule has 3 rings (SSSR count). The highest BCUT2D eigenvalue weighted by Crippen LogP contribution is 2.29. The molecule has 1 N–H and O–H groups in total. The van der Waals surface area contributed by atoms with Crippen molar-refractivity contribution in [3.63, 3.8) is 0 Å². The van der Waals surface area contributed by atoms with Crippen molar-refractivity contribution >= 4 is 38.3 Å². The van der Waals surface area contributed by atoms with E-state index in [1.165, 1.54) is 29.5 Å². The molecule has 8 nitrogen and oxygen atoms in total. The molecule has 0 radical (unpaired) electrons. The van der Waals surface area contributed by atoms with Gasteiger partial charge in [0.2, 0.25) is 0 Å². The number of thiazole rings is 1. The maximum atomic E-state index is 12.0. The van der Waals surface area contributed by atoms with E-state index in [1.807, 2.05) is 6.07 Å². The summed E-state index contributed by atoms with van der Waals surface area (Å²) in [7, 11) is 1.58. The van der Waals surface area contributed by atoms with Crippen molar-refractivity contribution in [2.75, 3.05) is 19.0 Å².